The summed E-state index contributed by atoms with van der Waals surface area (Å²) in [6.45, 7) is 3.85. The molecule has 0 radical (unpaired) electrons. The molecule has 0 amide bonds. The second kappa shape index (κ2) is 14.0. The molecule has 1 aromatic rings. The highest BCUT2D eigenvalue weighted by atomic mass is 16.8. The summed E-state index contributed by atoms with van der Waals surface area (Å²) in [4.78, 5) is 35.7. The molecular weight excluding hydrogens is 540 g/mol. The van der Waals surface area contributed by atoms with Crippen molar-refractivity contribution in [1.29, 1.82) is 0 Å². The first kappa shape index (κ1) is 31.3. The molecule has 9 atom stereocenters. The van der Waals surface area contributed by atoms with E-state index in [9.17, 15) is 19.5 Å². The Kier molecular flexibility index (Phi) is 10.7. The van der Waals surface area contributed by atoms with Crippen LogP contribution in [0.2, 0.25) is 0 Å². The number of ether oxygens (including phenoxy) is 8. The lowest BCUT2D eigenvalue weighted by molar-refractivity contribution is -0.383. The van der Waals surface area contributed by atoms with Gasteiger partial charge in [-0.3, -0.25) is 14.4 Å². The SMILES string of the molecule is COC12CC[C@H](CCO)O[C@@H]1[C@@H](OC(C)=O)[C@@H]1O[C@H](C[C@H](COC(C)=O)OC(C)=O)[C@H](OCc3ccccc3)[C@@H]1O2. The smallest absolute Gasteiger partial charge is 0.303 e. The molecule has 228 valence electrons. The number of hydrogen-bond donors (Lipinski definition) is 1. The van der Waals surface area contributed by atoms with E-state index in [2.05, 4.69) is 0 Å². The Morgan fingerprint density at radius 2 is 1.78 bits per heavy atom. The van der Waals surface area contributed by atoms with E-state index >= 15 is 0 Å². The number of aliphatic hydroxyl groups is 1. The van der Waals surface area contributed by atoms with Gasteiger partial charge in [-0.2, -0.15) is 0 Å². The standard InChI is InChI=1S/C29H40O12/c1-17(31)35-16-22(37-18(2)32)14-23-24(36-15-20-8-6-5-7-9-20)26-25(40-23)27(38-19(3)33)28-29(34-4,41-26)12-10-21(39-28)11-13-30/h5-9,21-28,30H,10-16H2,1-4H3/t21-,22-,23-,24+,25-,26+,27+,28-,29?/m1/s1. The number of carbonyl (C=O) groups is 3. The van der Waals surface area contributed by atoms with Crippen LogP contribution in [-0.4, -0.2) is 98.0 Å². The summed E-state index contributed by atoms with van der Waals surface area (Å²) in [5.74, 6) is -2.85. The molecule has 3 saturated heterocycles. The maximum atomic E-state index is 12.3. The Bertz CT molecular complexity index is 1030. The number of methoxy groups -OCH3 is 1. The van der Waals surface area contributed by atoms with Crippen LogP contribution >= 0.6 is 0 Å². The van der Waals surface area contributed by atoms with Gasteiger partial charge >= 0.3 is 17.9 Å². The molecule has 3 heterocycles. The van der Waals surface area contributed by atoms with Crippen LogP contribution in [0.4, 0.5) is 0 Å². The summed E-state index contributed by atoms with van der Waals surface area (Å²) in [6.07, 6.45) is -4.28. The fourth-order valence-corrected chi connectivity index (χ4v) is 5.85. The van der Waals surface area contributed by atoms with Gasteiger partial charge < -0.3 is 43.0 Å². The highest BCUT2D eigenvalue weighted by Gasteiger charge is 2.65. The average Bonchev–Trinajstić information content (AvgIpc) is 3.27. The molecule has 1 N–H and O–H groups in total. The maximum Gasteiger partial charge on any atom is 0.303 e. The fourth-order valence-electron chi connectivity index (χ4n) is 5.85. The summed E-state index contributed by atoms with van der Waals surface area (Å²) in [5.41, 5.74) is 0.922. The number of aliphatic hydroxyl groups excluding tert-OH is 1. The molecule has 0 spiro atoms. The van der Waals surface area contributed by atoms with Gasteiger partial charge in [0, 0.05) is 47.3 Å². The van der Waals surface area contributed by atoms with Crippen LogP contribution in [0.1, 0.15) is 52.0 Å². The highest BCUT2D eigenvalue weighted by Crippen LogP contribution is 2.48. The third-order valence-electron chi connectivity index (χ3n) is 7.58. The van der Waals surface area contributed by atoms with E-state index in [-0.39, 0.29) is 32.3 Å². The van der Waals surface area contributed by atoms with E-state index in [0.29, 0.717) is 19.3 Å². The van der Waals surface area contributed by atoms with Crippen LogP contribution < -0.4 is 0 Å². The van der Waals surface area contributed by atoms with E-state index in [1.54, 1.807) is 0 Å². The van der Waals surface area contributed by atoms with Crippen molar-refractivity contribution >= 4 is 17.9 Å². The molecule has 3 aliphatic heterocycles. The monoisotopic (exact) mass is 580 g/mol. The molecular formula is C29H40O12. The number of carbonyl (C=O) groups excluding carboxylic acids is 3. The van der Waals surface area contributed by atoms with Crippen LogP contribution in [0.5, 0.6) is 0 Å². The zero-order chi connectivity index (χ0) is 29.6. The third kappa shape index (κ3) is 7.62. The van der Waals surface area contributed by atoms with Gasteiger partial charge in [0.15, 0.2) is 18.0 Å². The van der Waals surface area contributed by atoms with Crippen molar-refractivity contribution in [3.8, 4) is 0 Å². The van der Waals surface area contributed by atoms with Crippen LogP contribution in [0, 0.1) is 0 Å². The summed E-state index contributed by atoms with van der Waals surface area (Å²) in [5, 5.41) is 9.51. The summed E-state index contributed by atoms with van der Waals surface area (Å²) in [7, 11) is 1.51. The molecule has 12 heteroatoms. The summed E-state index contributed by atoms with van der Waals surface area (Å²) in [6, 6.07) is 9.57. The Morgan fingerprint density at radius 1 is 1.02 bits per heavy atom. The van der Waals surface area contributed by atoms with Crippen LogP contribution in [0.25, 0.3) is 0 Å². The lowest BCUT2D eigenvalue weighted by Gasteiger charge is -2.53. The van der Waals surface area contributed by atoms with Crippen molar-refractivity contribution in [1.82, 2.24) is 0 Å². The fraction of sp³-hybridized carbons (Fsp3) is 0.690. The van der Waals surface area contributed by atoms with Gasteiger partial charge in [-0.15, -0.1) is 0 Å². The molecule has 1 aromatic carbocycles. The molecule has 12 nitrogen and oxygen atoms in total. The molecule has 0 saturated carbocycles. The predicted molar refractivity (Wildman–Crippen MR) is 140 cm³/mol. The van der Waals surface area contributed by atoms with Crippen molar-refractivity contribution in [2.75, 3.05) is 20.3 Å². The lowest BCUT2D eigenvalue weighted by Crippen LogP contribution is -2.69. The molecule has 0 aromatic heterocycles. The normalized spacial score (nSPS) is 33.2. The molecule has 0 bridgehead atoms. The van der Waals surface area contributed by atoms with E-state index in [4.69, 9.17) is 37.9 Å². The second-order valence-electron chi connectivity index (χ2n) is 10.6. The largest absolute Gasteiger partial charge is 0.462 e. The number of esters is 3. The molecule has 4 rings (SSSR count). The minimum absolute atomic E-state index is 0.0592. The Morgan fingerprint density at radius 3 is 2.41 bits per heavy atom. The van der Waals surface area contributed by atoms with E-state index in [1.807, 2.05) is 30.3 Å². The zero-order valence-corrected chi connectivity index (χ0v) is 23.9. The van der Waals surface area contributed by atoms with Crippen molar-refractivity contribution in [3.05, 3.63) is 35.9 Å². The molecule has 3 fully saturated rings. The van der Waals surface area contributed by atoms with Crippen molar-refractivity contribution in [2.24, 2.45) is 0 Å². The van der Waals surface area contributed by atoms with E-state index < -0.39 is 66.4 Å². The van der Waals surface area contributed by atoms with Gasteiger partial charge in [0.25, 0.3) is 0 Å². The van der Waals surface area contributed by atoms with Crippen molar-refractivity contribution in [2.45, 2.75) is 108 Å². The predicted octanol–water partition coefficient (Wildman–Crippen LogP) is 1.83. The minimum Gasteiger partial charge on any atom is -0.462 e. The number of benzene rings is 1. The molecule has 0 aliphatic carbocycles. The zero-order valence-electron chi connectivity index (χ0n) is 23.9. The van der Waals surface area contributed by atoms with Gasteiger partial charge in [-0.1, -0.05) is 30.3 Å². The van der Waals surface area contributed by atoms with Gasteiger partial charge in [0.1, 0.15) is 31.0 Å². The quantitative estimate of drug-likeness (QED) is 0.284. The molecule has 41 heavy (non-hydrogen) atoms. The van der Waals surface area contributed by atoms with Gasteiger partial charge in [0.05, 0.1) is 18.8 Å². The Hall–Kier alpha value is -2.61. The minimum atomic E-state index is -1.26. The molecule has 1 unspecified atom stereocenters. The second-order valence-corrected chi connectivity index (χ2v) is 10.6. The number of fused-ring (bicyclic) bond motifs is 2. The van der Waals surface area contributed by atoms with Crippen LogP contribution in [-0.2, 0) is 58.9 Å². The highest BCUT2D eigenvalue weighted by molar-refractivity contribution is 5.67. The molecule has 3 aliphatic rings. The summed E-state index contributed by atoms with van der Waals surface area (Å²) < 4.78 is 48.2. The topological polar surface area (TPSA) is 145 Å². The number of hydrogen-bond acceptors (Lipinski definition) is 12. The number of rotatable bonds is 12. The van der Waals surface area contributed by atoms with Gasteiger partial charge in [0.2, 0.25) is 0 Å². The Labute approximate surface area is 239 Å². The Balaban J connectivity index is 1.66. The average molecular weight is 581 g/mol. The van der Waals surface area contributed by atoms with Gasteiger partial charge in [-0.25, -0.2) is 0 Å². The first-order valence-corrected chi connectivity index (χ1v) is 13.9. The van der Waals surface area contributed by atoms with Crippen molar-refractivity contribution in [3.63, 3.8) is 0 Å². The van der Waals surface area contributed by atoms with Crippen LogP contribution in [0.3, 0.4) is 0 Å². The third-order valence-corrected chi connectivity index (χ3v) is 7.58. The van der Waals surface area contributed by atoms with E-state index in [0.717, 1.165) is 5.56 Å². The first-order valence-electron chi connectivity index (χ1n) is 13.9. The summed E-state index contributed by atoms with van der Waals surface area (Å²) >= 11 is 0. The van der Waals surface area contributed by atoms with E-state index in [1.165, 1.54) is 27.9 Å². The lowest BCUT2D eigenvalue weighted by atomic mass is 9.84. The maximum absolute atomic E-state index is 12.3. The van der Waals surface area contributed by atoms with Gasteiger partial charge in [-0.05, 0) is 18.4 Å². The van der Waals surface area contributed by atoms with Crippen molar-refractivity contribution < 1.29 is 57.4 Å². The first-order chi connectivity index (χ1) is 19.7. The van der Waals surface area contributed by atoms with Crippen LogP contribution in [0.15, 0.2) is 30.3 Å².